The van der Waals surface area contributed by atoms with Crippen LogP contribution in [0.3, 0.4) is 0 Å². The smallest absolute Gasteiger partial charge is 0.239 e. The third kappa shape index (κ3) is 2.45. The van der Waals surface area contributed by atoms with E-state index in [0.717, 1.165) is 5.82 Å². The van der Waals surface area contributed by atoms with Crippen LogP contribution in [0.15, 0.2) is 31.1 Å². The van der Waals surface area contributed by atoms with Crippen LogP contribution in [0.1, 0.15) is 11.6 Å². The summed E-state index contributed by atoms with van der Waals surface area (Å²) in [4.78, 5) is 20.7. The molecular weight excluding hydrogens is 266 g/mol. The zero-order valence-corrected chi connectivity index (χ0v) is 10.9. The molecule has 3 aromatic rings. The van der Waals surface area contributed by atoms with Gasteiger partial charge in [-0.2, -0.15) is 9.97 Å². The molecular formula is C11H10ClN7. The van der Waals surface area contributed by atoms with E-state index in [4.69, 9.17) is 11.6 Å². The highest BCUT2D eigenvalue weighted by Crippen LogP contribution is 2.09. The van der Waals surface area contributed by atoms with Gasteiger partial charge in [0.25, 0.3) is 0 Å². The quantitative estimate of drug-likeness (QED) is 0.714. The van der Waals surface area contributed by atoms with Crippen LogP contribution in [0, 0.1) is 0 Å². The largest absolute Gasteiger partial charge is 0.338 e. The summed E-state index contributed by atoms with van der Waals surface area (Å²) in [7, 11) is 1.92. The Morgan fingerprint density at radius 3 is 2.74 bits per heavy atom. The number of imidazole rings is 2. The van der Waals surface area contributed by atoms with E-state index in [0.29, 0.717) is 18.2 Å². The number of halogens is 1. The van der Waals surface area contributed by atoms with Crippen molar-refractivity contribution < 1.29 is 0 Å². The molecule has 0 N–H and O–H groups in total. The predicted octanol–water partition coefficient (Wildman–Crippen LogP) is 1.03. The molecule has 0 saturated carbocycles. The van der Waals surface area contributed by atoms with Crippen molar-refractivity contribution in [3.8, 4) is 5.95 Å². The standard InChI is InChI=1S/C11H10ClN7/c1-18-4-3-14-9(18)6-8-15-10(12)17-11(16-8)19-5-2-13-7-19/h2-5,7H,6H2,1H3. The van der Waals surface area contributed by atoms with Crippen molar-refractivity contribution in [2.24, 2.45) is 7.05 Å². The van der Waals surface area contributed by atoms with Crippen LogP contribution in [0.2, 0.25) is 5.28 Å². The molecule has 0 unspecified atom stereocenters. The van der Waals surface area contributed by atoms with E-state index in [-0.39, 0.29) is 5.28 Å². The lowest BCUT2D eigenvalue weighted by molar-refractivity contribution is 0.774. The van der Waals surface area contributed by atoms with Crippen molar-refractivity contribution in [1.29, 1.82) is 0 Å². The van der Waals surface area contributed by atoms with E-state index >= 15 is 0 Å². The van der Waals surface area contributed by atoms with Crippen molar-refractivity contribution in [1.82, 2.24) is 34.1 Å². The maximum absolute atomic E-state index is 5.92. The van der Waals surface area contributed by atoms with E-state index in [1.807, 2.05) is 17.8 Å². The van der Waals surface area contributed by atoms with Gasteiger partial charge in [-0.1, -0.05) is 0 Å². The molecule has 0 aliphatic rings. The number of aromatic nitrogens is 7. The Kier molecular flexibility index (Phi) is 2.96. The number of hydrogen-bond acceptors (Lipinski definition) is 5. The first-order valence-corrected chi connectivity index (χ1v) is 5.95. The molecule has 0 atom stereocenters. The third-order valence-corrected chi connectivity index (χ3v) is 2.78. The average molecular weight is 276 g/mol. The van der Waals surface area contributed by atoms with Gasteiger partial charge in [0, 0.05) is 31.8 Å². The lowest BCUT2D eigenvalue weighted by Gasteiger charge is -2.04. The molecule has 19 heavy (non-hydrogen) atoms. The minimum Gasteiger partial charge on any atom is -0.338 e. The van der Waals surface area contributed by atoms with Gasteiger partial charge >= 0.3 is 0 Å². The molecule has 0 spiro atoms. The fourth-order valence-corrected chi connectivity index (χ4v) is 1.83. The van der Waals surface area contributed by atoms with Gasteiger partial charge in [-0.25, -0.2) is 15.0 Å². The van der Waals surface area contributed by atoms with Crippen LogP contribution in [-0.2, 0) is 13.5 Å². The van der Waals surface area contributed by atoms with Gasteiger partial charge in [0.1, 0.15) is 18.0 Å². The van der Waals surface area contributed by atoms with Crippen LogP contribution in [0.5, 0.6) is 0 Å². The Morgan fingerprint density at radius 1 is 1.16 bits per heavy atom. The molecule has 0 amide bonds. The van der Waals surface area contributed by atoms with Gasteiger partial charge in [0.05, 0.1) is 6.42 Å². The highest BCUT2D eigenvalue weighted by atomic mass is 35.5. The van der Waals surface area contributed by atoms with Crippen molar-refractivity contribution in [2.45, 2.75) is 6.42 Å². The summed E-state index contributed by atoms with van der Waals surface area (Å²) in [5.41, 5.74) is 0. The highest BCUT2D eigenvalue weighted by Gasteiger charge is 2.09. The van der Waals surface area contributed by atoms with Crippen molar-refractivity contribution >= 4 is 11.6 Å². The van der Waals surface area contributed by atoms with Gasteiger partial charge in [0.15, 0.2) is 0 Å². The lowest BCUT2D eigenvalue weighted by atomic mass is 10.4. The SMILES string of the molecule is Cn1ccnc1Cc1nc(Cl)nc(-n2ccnc2)n1. The Labute approximate surface area is 114 Å². The number of nitrogens with zero attached hydrogens (tertiary/aromatic N) is 7. The van der Waals surface area contributed by atoms with Crippen LogP contribution in [-0.4, -0.2) is 34.1 Å². The predicted molar refractivity (Wildman–Crippen MR) is 68.0 cm³/mol. The molecule has 0 radical (unpaired) electrons. The molecule has 0 aliphatic heterocycles. The van der Waals surface area contributed by atoms with Gasteiger partial charge in [-0.15, -0.1) is 0 Å². The Hall–Kier alpha value is -2.28. The van der Waals surface area contributed by atoms with Gasteiger partial charge < -0.3 is 4.57 Å². The van der Waals surface area contributed by atoms with E-state index in [1.165, 1.54) is 0 Å². The molecule has 8 heteroatoms. The second-order valence-corrected chi connectivity index (χ2v) is 4.26. The zero-order valence-electron chi connectivity index (χ0n) is 10.1. The number of aryl methyl sites for hydroxylation is 1. The summed E-state index contributed by atoms with van der Waals surface area (Å²) in [6.07, 6.45) is 9.10. The average Bonchev–Trinajstić information content (AvgIpc) is 3.01. The topological polar surface area (TPSA) is 74.3 Å². The Morgan fingerprint density at radius 2 is 2.05 bits per heavy atom. The molecule has 0 aromatic carbocycles. The monoisotopic (exact) mass is 275 g/mol. The molecule has 0 fully saturated rings. The Bertz CT molecular complexity index is 689. The minimum atomic E-state index is 0.155. The molecule has 3 rings (SSSR count). The molecule has 0 aliphatic carbocycles. The van der Waals surface area contributed by atoms with E-state index in [2.05, 4.69) is 24.9 Å². The summed E-state index contributed by atoms with van der Waals surface area (Å²) >= 11 is 5.92. The zero-order chi connectivity index (χ0) is 13.2. The van der Waals surface area contributed by atoms with E-state index < -0.39 is 0 Å². The summed E-state index contributed by atoms with van der Waals surface area (Å²) < 4.78 is 3.59. The minimum absolute atomic E-state index is 0.155. The van der Waals surface area contributed by atoms with Gasteiger partial charge in [0.2, 0.25) is 11.2 Å². The second kappa shape index (κ2) is 4.77. The molecule has 0 saturated heterocycles. The second-order valence-electron chi connectivity index (χ2n) is 3.92. The van der Waals surface area contributed by atoms with Crippen molar-refractivity contribution in [2.75, 3.05) is 0 Å². The van der Waals surface area contributed by atoms with E-state index in [9.17, 15) is 0 Å². The van der Waals surface area contributed by atoms with Gasteiger partial charge in [-0.05, 0) is 11.6 Å². The maximum Gasteiger partial charge on any atom is 0.239 e. The lowest BCUT2D eigenvalue weighted by Crippen LogP contribution is -2.08. The number of rotatable bonds is 3. The van der Waals surface area contributed by atoms with Crippen LogP contribution in [0.4, 0.5) is 0 Å². The summed E-state index contributed by atoms with van der Waals surface area (Å²) in [5, 5.41) is 0.155. The van der Waals surface area contributed by atoms with Gasteiger partial charge in [-0.3, -0.25) is 4.57 Å². The molecule has 3 aromatic heterocycles. The van der Waals surface area contributed by atoms with Crippen LogP contribution < -0.4 is 0 Å². The van der Waals surface area contributed by atoms with Crippen LogP contribution >= 0.6 is 11.6 Å². The summed E-state index contributed by atoms with van der Waals surface area (Å²) in [6.45, 7) is 0. The first-order chi connectivity index (χ1) is 9.22. The first kappa shape index (κ1) is 11.8. The van der Waals surface area contributed by atoms with Crippen molar-refractivity contribution in [3.05, 3.63) is 48.0 Å². The normalized spacial score (nSPS) is 10.8. The fourth-order valence-electron chi connectivity index (χ4n) is 1.66. The summed E-state index contributed by atoms with van der Waals surface area (Å²) in [5.74, 6) is 1.87. The maximum atomic E-state index is 5.92. The molecule has 7 nitrogen and oxygen atoms in total. The van der Waals surface area contributed by atoms with Crippen LogP contribution in [0.25, 0.3) is 5.95 Å². The number of hydrogen-bond donors (Lipinski definition) is 0. The highest BCUT2D eigenvalue weighted by molar-refractivity contribution is 6.28. The summed E-state index contributed by atoms with van der Waals surface area (Å²) in [6, 6.07) is 0. The van der Waals surface area contributed by atoms with E-state index in [1.54, 1.807) is 29.5 Å². The molecule has 3 heterocycles. The first-order valence-electron chi connectivity index (χ1n) is 5.57. The third-order valence-electron chi connectivity index (χ3n) is 2.62. The van der Waals surface area contributed by atoms with Crippen molar-refractivity contribution in [3.63, 3.8) is 0 Å². The Balaban J connectivity index is 1.96. The molecule has 96 valence electrons. The fraction of sp³-hybridized carbons (Fsp3) is 0.182. The molecule has 0 bridgehead atoms.